The van der Waals surface area contributed by atoms with E-state index in [2.05, 4.69) is 12.2 Å². The normalized spacial score (nSPS) is 26.7. The van der Waals surface area contributed by atoms with Crippen molar-refractivity contribution >= 4 is 16.9 Å². The molecule has 1 N–H and O–H groups in total. The molecule has 0 spiro atoms. The summed E-state index contributed by atoms with van der Waals surface area (Å²) in [4.78, 5) is 4.91. The first-order valence-corrected chi connectivity index (χ1v) is 8.91. The van der Waals surface area contributed by atoms with Crippen LogP contribution in [0.2, 0.25) is 0 Å². The van der Waals surface area contributed by atoms with Crippen LogP contribution in [0, 0.1) is 11.7 Å². The molecule has 2 aliphatic rings. The zero-order valence-corrected chi connectivity index (χ0v) is 13.3. The van der Waals surface area contributed by atoms with Crippen LogP contribution in [0.25, 0.3) is 0 Å². The largest absolute Gasteiger partial charge is 0.362 e. The molecule has 1 fully saturated rings. The van der Waals surface area contributed by atoms with Gasteiger partial charge in [-0.3, -0.25) is 4.99 Å². The minimum absolute atomic E-state index is 0.171. The summed E-state index contributed by atoms with van der Waals surface area (Å²) < 4.78 is 12.9. The van der Waals surface area contributed by atoms with Crippen molar-refractivity contribution in [2.24, 2.45) is 10.9 Å². The number of nitrogens with one attached hydrogen (secondary N) is 1. The number of benzene rings is 1. The second-order valence-electron chi connectivity index (χ2n) is 6.23. The maximum atomic E-state index is 12.9. The van der Waals surface area contributed by atoms with Gasteiger partial charge in [-0.1, -0.05) is 36.7 Å². The van der Waals surface area contributed by atoms with E-state index in [1.54, 1.807) is 0 Å². The Balaban J connectivity index is 1.56. The molecule has 0 bridgehead atoms. The molecule has 1 aliphatic heterocycles. The minimum Gasteiger partial charge on any atom is -0.362 e. The van der Waals surface area contributed by atoms with Crippen LogP contribution in [-0.2, 0) is 6.42 Å². The fraction of sp³-hybridized carbons (Fsp3) is 0.588. The van der Waals surface area contributed by atoms with Gasteiger partial charge in [0.1, 0.15) is 5.82 Å². The van der Waals surface area contributed by atoms with Crippen molar-refractivity contribution < 1.29 is 4.39 Å². The third kappa shape index (κ3) is 4.00. The number of rotatable bonds is 3. The van der Waals surface area contributed by atoms with Crippen LogP contribution in [0.3, 0.4) is 0 Å². The SMILES string of the molecule is CC(Cc1ccc(F)cc1)NC1=NC2CCCCC2CS1. The first-order chi connectivity index (χ1) is 10.2. The van der Waals surface area contributed by atoms with Gasteiger partial charge in [0.2, 0.25) is 0 Å². The number of hydrogen-bond donors (Lipinski definition) is 1. The highest BCUT2D eigenvalue weighted by atomic mass is 32.2. The minimum atomic E-state index is -0.171. The molecular weight excluding hydrogens is 283 g/mol. The van der Waals surface area contributed by atoms with E-state index in [9.17, 15) is 4.39 Å². The van der Waals surface area contributed by atoms with Gasteiger partial charge in [0.25, 0.3) is 0 Å². The summed E-state index contributed by atoms with van der Waals surface area (Å²) in [5, 5.41) is 4.64. The van der Waals surface area contributed by atoms with Gasteiger partial charge in [0.05, 0.1) is 6.04 Å². The summed E-state index contributed by atoms with van der Waals surface area (Å²) in [5.41, 5.74) is 1.16. The second-order valence-corrected chi connectivity index (χ2v) is 7.24. The average molecular weight is 306 g/mol. The summed E-state index contributed by atoms with van der Waals surface area (Å²) >= 11 is 1.87. The fourth-order valence-electron chi connectivity index (χ4n) is 3.24. The zero-order valence-electron chi connectivity index (χ0n) is 12.5. The summed E-state index contributed by atoms with van der Waals surface area (Å²) in [6.45, 7) is 2.17. The van der Waals surface area contributed by atoms with E-state index < -0.39 is 0 Å². The maximum absolute atomic E-state index is 12.9. The second kappa shape index (κ2) is 6.82. The van der Waals surface area contributed by atoms with Crippen LogP contribution in [-0.4, -0.2) is 23.0 Å². The number of halogens is 1. The number of thioether (sulfide) groups is 1. The quantitative estimate of drug-likeness (QED) is 0.912. The van der Waals surface area contributed by atoms with Crippen LogP contribution in [0.5, 0.6) is 0 Å². The van der Waals surface area contributed by atoms with Crippen molar-refractivity contribution in [2.75, 3.05) is 5.75 Å². The Morgan fingerprint density at radius 1 is 1.29 bits per heavy atom. The van der Waals surface area contributed by atoms with Gasteiger partial charge >= 0.3 is 0 Å². The maximum Gasteiger partial charge on any atom is 0.157 e. The van der Waals surface area contributed by atoms with Crippen molar-refractivity contribution in [3.8, 4) is 0 Å². The molecule has 3 unspecified atom stereocenters. The van der Waals surface area contributed by atoms with E-state index >= 15 is 0 Å². The van der Waals surface area contributed by atoms with Gasteiger partial charge in [-0.2, -0.15) is 0 Å². The van der Waals surface area contributed by atoms with E-state index in [-0.39, 0.29) is 5.82 Å². The molecule has 1 aliphatic carbocycles. The van der Waals surface area contributed by atoms with Gasteiger partial charge in [-0.25, -0.2) is 4.39 Å². The lowest BCUT2D eigenvalue weighted by molar-refractivity contribution is 0.335. The van der Waals surface area contributed by atoms with Crippen LogP contribution >= 0.6 is 11.8 Å². The molecular formula is C17H23FN2S. The molecule has 0 saturated heterocycles. The smallest absolute Gasteiger partial charge is 0.157 e. The van der Waals surface area contributed by atoms with Crippen LogP contribution < -0.4 is 5.32 Å². The number of hydrogen-bond acceptors (Lipinski definition) is 3. The monoisotopic (exact) mass is 306 g/mol. The predicted octanol–water partition coefficient (Wildman–Crippen LogP) is 4.01. The summed E-state index contributed by atoms with van der Waals surface area (Å²) in [5.74, 6) is 1.83. The molecule has 0 radical (unpaired) electrons. The Morgan fingerprint density at radius 3 is 2.86 bits per heavy atom. The van der Waals surface area contributed by atoms with Crippen molar-refractivity contribution in [2.45, 2.75) is 51.1 Å². The molecule has 4 heteroatoms. The molecule has 1 aromatic rings. The number of aliphatic imine (C=N–C) groups is 1. The lowest BCUT2D eigenvalue weighted by atomic mass is 9.86. The fourth-order valence-corrected chi connectivity index (χ4v) is 4.50. The molecule has 2 nitrogen and oxygen atoms in total. The number of fused-ring (bicyclic) bond motifs is 1. The third-order valence-electron chi connectivity index (χ3n) is 4.41. The van der Waals surface area contributed by atoms with Crippen molar-refractivity contribution in [3.63, 3.8) is 0 Å². The van der Waals surface area contributed by atoms with Crippen LogP contribution in [0.4, 0.5) is 4.39 Å². The molecule has 1 heterocycles. The average Bonchev–Trinajstić information content (AvgIpc) is 2.49. The van der Waals surface area contributed by atoms with Gasteiger partial charge in [-0.05, 0) is 49.8 Å². The molecule has 3 atom stereocenters. The molecule has 0 aromatic heterocycles. The van der Waals surface area contributed by atoms with Crippen LogP contribution in [0.1, 0.15) is 38.2 Å². The summed E-state index contributed by atoms with van der Waals surface area (Å²) in [6, 6.07) is 7.65. The van der Waals surface area contributed by atoms with E-state index in [0.717, 1.165) is 23.1 Å². The standard InChI is InChI=1S/C17H23FN2S/c1-12(10-13-6-8-15(18)9-7-13)19-17-20-16-5-3-2-4-14(16)11-21-17/h6-9,12,14,16H,2-5,10-11H2,1H3,(H,19,20). The van der Waals surface area contributed by atoms with E-state index in [4.69, 9.17) is 4.99 Å². The first-order valence-electron chi connectivity index (χ1n) is 7.92. The molecule has 0 amide bonds. The van der Waals surface area contributed by atoms with E-state index in [1.165, 1.54) is 43.6 Å². The third-order valence-corrected chi connectivity index (χ3v) is 5.50. The zero-order chi connectivity index (χ0) is 14.7. The molecule has 21 heavy (non-hydrogen) atoms. The summed E-state index contributed by atoms with van der Waals surface area (Å²) in [7, 11) is 0. The van der Waals surface area contributed by atoms with Crippen LogP contribution in [0.15, 0.2) is 29.3 Å². The van der Waals surface area contributed by atoms with Gasteiger partial charge in [-0.15, -0.1) is 0 Å². The van der Waals surface area contributed by atoms with Crippen molar-refractivity contribution in [1.82, 2.24) is 5.32 Å². The van der Waals surface area contributed by atoms with Gasteiger partial charge in [0, 0.05) is 11.8 Å². The van der Waals surface area contributed by atoms with E-state index in [0.29, 0.717) is 12.1 Å². The lowest BCUT2D eigenvalue weighted by Gasteiger charge is -2.33. The Kier molecular flexibility index (Phi) is 4.84. The lowest BCUT2D eigenvalue weighted by Crippen LogP contribution is -2.38. The Bertz CT molecular complexity index is 500. The first kappa shape index (κ1) is 14.9. The Labute approximate surface area is 130 Å². The highest BCUT2D eigenvalue weighted by molar-refractivity contribution is 8.13. The number of nitrogens with zero attached hydrogens (tertiary/aromatic N) is 1. The van der Waals surface area contributed by atoms with E-state index in [1.807, 2.05) is 23.9 Å². The van der Waals surface area contributed by atoms with Crippen molar-refractivity contribution in [1.29, 1.82) is 0 Å². The highest BCUT2D eigenvalue weighted by Gasteiger charge is 2.29. The topological polar surface area (TPSA) is 24.4 Å². The molecule has 3 rings (SSSR count). The molecule has 114 valence electrons. The van der Waals surface area contributed by atoms with Crippen molar-refractivity contribution in [3.05, 3.63) is 35.6 Å². The molecule has 1 saturated carbocycles. The predicted molar refractivity (Wildman–Crippen MR) is 88.3 cm³/mol. The van der Waals surface area contributed by atoms with Gasteiger partial charge < -0.3 is 5.32 Å². The Hall–Kier alpha value is -1.03. The molecule has 1 aromatic carbocycles. The highest BCUT2D eigenvalue weighted by Crippen LogP contribution is 2.33. The van der Waals surface area contributed by atoms with Gasteiger partial charge in [0.15, 0.2) is 5.17 Å². The number of amidine groups is 1. The Morgan fingerprint density at radius 2 is 2.05 bits per heavy atom. The summed E-state index contributed by atoms with van der Waals surface area (Å²) in [6.07, 6.45) is 6.20.